The summed E-state index contributed by atoms with van der Waals surface area (Å²) in [5.74, 6) is -1.17. The van der Waals surface area contributed by atoms with Gasteiger partial charge in [0.15, 0.2) is 6.61 Å². The van der Waals surface area contributed by atoms with Crippen molar-refractivity contribution >= 4 is 23.5 Å². The van der Waals surface area contributed by atoms with Gasteiger partial charge in [-0.05, 0) is 48.6 Å². The first-order chi connectivity index (χ1) is 13.0. The first kappa shape index (κ1) is 18.6. The summed E-state index contributed by atoms with van der Waals surface area (Å²) in [6, 6.07) is 14.4. The molecule has 6 heteroatoms. The number of nitrogens with one attached hydrogen (secondary N) is 2. The van der Waals surface area contributed by atoms with Gasteiger partial charge < -0.3 is 15.4 Å². The van der Waals surface area contributed by atoms with Gasteiger partial charge in [0.1, 0.15) is 0 Å². The molecule has 1 aliphatic rings. The van der Waals surface area contributed by atoms with Gasteiger partial charge in [0.05, 0.1) is 11.6 Å². The fraction of sp³-hybridized carbons (Fsp3) is 0.286. The highest BCUT2D eigenvalue weighted by Crippen LogP contribution is 2.29. The van der Waals surface area contributed by atoms with Crippen LogP contribution in [0.4, 0.5) is 5.69 Å². The zero-order valence-electron chi connectivity index (χ0n) is 15.2. The van der Waals surface area contributed by atoms with Crippen LogP contribution in [0.1, 0.15) is 47.3 Å². The monoisotopic (exact) mass is 366 g/mol. The second-order valence-electron chi connectivity index (χ2n) is 6.55. The maximum Gasteiger partial charge on any atom is 0.338 e. The number of rotatable bonds is 5. The van der Waals surface area contributed by atoms with Crippen LogP contribution in [0, 0.1) is 0 Å². The van der Waals surface area contributed by atoms with Crippen molar-refractivity contribution in [3.05, 3.63) is 65.2 Å². The lowest BCUT2D eigenvalue weighted by atomic mass is 9.88. The van der Waals surface area contributed by atoms with E-state index in [2.05, 4.69) is 16.7 Å². The van der Waals surface area contributed by atoms with E-state index in [-0.39, 0.29) is 30.0 Å². The number of ether oxygens (including phenoxy) is 1. The molecule has 2 aromatic carbocycles. The topological polar surface area (TPSA) is 84.5 Å². The maximum atomic E-state index is 12.2. The van der Waals surface area contributed by atoms with Gasteiger partial charge in [0.25, 0.3) is 5.91 Å². The van der Waals surface area contributed by atoms with Gasteiger partial charge in [-0.1, -0.05) is 30.3 Å². The Hall–Kier alpha value is -3.15. The number of esters is 1. The van der Waals surface area contributed by atoms with Crippen molar-refractivity contribution < 1.29 is 19.1 Å². The molecule has 2 amide bonds. The summed E-state index contributed by atoms with van der Waals surface area (Å²) in [6.45, 7) is 1.04. The predicted octanol–water partition coefficient (Wildman–Crippen LogP) is 3.00. The van der Waals surface area contributed by atoms with Crippen molar-refractivity contribution in [1.82, 2.24) is 5.32 Å². The van der Waals surface area contributed by atoms with Crippen LogP contribution in [0.2, 0.25) is 0 Å². The van der Waals surface area contributed by atoms with Crippen LogP contribution in [-0.2, 0) is 20.7 Å². The average molecular weight is 366 g/mol. The molecule has 0 fully saturated rings. The summed E-state index contributed by atoms with van der Waals surface area (Å²) >= 11 is 0. The van der Waals surface area contributed by atoms with Gasteiger partial charge >= 0.3 is 5.97 Å². The highest BCUT2D eigenvalue weighted by Gasteiger charge is 2.22. The number of aryl methyl sites for hydroxylation is 1. The zero-order valence-corrected chi connectivity index (χ0v) is 15.2. The Bertz CT molecular complexity index is 863. The predicted molar refractivity (Wildman–Crippen MR) is 101 cm³/mol. The largest absolute Gasteiger partial charge is 0.452 e. The number of hydrogen-bond acceptors (Lipinski definition) is 4. The Labute approximate surface area is 157 Å². The first-order valence-corrected chi connectivity index (χ1v) is 8.95. The third kappa shape index (κ3) is 4.94. The van der Waals surface area contributed by atoms with Crippen molar-refractivity contribution in [3.63, 3.8) is 0 Å². The number of hydrogen-bond donors (Lipinski definition) is 2. The maximum absolute atomic E-state index is 12.2. The van der Waals surface area contributed by atoms with E-state index >= 15 is 0 Å². The van der Waals surface area contributed by atoms with Crippen LogP contribution in [0.5, 0.6) is 0 Å². The van der Waals surface area contributed by atoms with Gasteiger partial charge in [-0.2, -0.15) is 0 Å². The molecular formula is C21H22N2O4. The third-order valence-corrected chi connectivity index (χ3v) is 4.46. The summed E-state index contributed by atoms with van der Waals surface area (Å²) in [6.07, 6.45) is 2.90. The molecule has 0 radical (unpaired) electrons. The van der Waals surface area contributed by atoms with E-state index in [0.29, 0.717) is 5.69 Å². The molecule has 0 saturated carbocycles. The van der Waals surface area contributed by atoms with E-state index in [1.165, 1.54) is 18.6 Å². The Balaban J connectivity index is 1.55. The van der Waals surface area contributed by atoms with Gasteiger partial charge in [0.2, 0.25) is 5.91 Å². The SMILES string of the molecule is CC(=O)Nc1cccc(C(=O)OCC(=O)NC2CCCc3ccccc32)c1. The van der Waals surface area contributed by atoms with Crippen molar-refractivity contribution in [1.29, 1.82) is 0 Å². The second-order valence-corrected chi connectivity index (χ2v) is 6.55. The number of anilines is 1. The highest BCUT2D eigenvalue weighted by molar-refractivity contribution is 5.94. The number of amides is 2. The molecule has 1 aliphatic carbocycles. The lowest BCUT2D eigenvalue weighted by molar-refractivity contribution is -0.125. The summed E-state index contributed by atoms with van der Waals surface area (Å²) in [7, 11) is 0. The number of benzene rings is 2. The fourth-order valence-corrected chi connectivity index (χ4v) is 3.28. The van der Waals surface area contributed by atoms with Crippen LogP contribution >= 0.6 is 0 Å². The number of carbonyl (C=O) groups excluding carboxylic acids is 3. The minimum absolute atomic E-state index is 0.0516. The van der Waals surface area contributed by atoms with Crippen LogP contribution in [-0.4, -0.2) is 24.4 Å². The van der Waals surface area contributed by atoms with Crippen LogP contribution in [0.25, 0.3) is 0 Å². The normalized spacial score (nSPS) is 15.4. The van der Waals surface area contributed by atoms with Crippen molar-refractivity contribution in [3.8, 4) is 0 Å². The molecular weight excluding hydrogens is 344 g/mol. The zero-order chi connectivity index (χ0) is 19.2. The van der Waals surface area contributed by atoms with Crippen molar-refractivity contribution in [2.24, 2.45) is 0 Å². The smallest absolute Gasteiger partial charge is 0.338 e. The number of fused-ring (bicyclic) bond motifs is 1. The van der Waals surface area contributed by atoms with E-state index in [1.54, 1.807) is 18.2 Å². The van der Waals surface area contributed by atoms with E-state index in [4.69, 9.17) is 4.74 Å². The molecule has 0 aliphatic heterocycles. The molecule has 2 aromatic rings. The molecule has 0 heterocycles. The highest BCUT2D eigenvalue weighted by atomic mass is 16.5. The van der Waals surface area contributed by atoms with E-state index in [1.807, 2.05) is 18.2 Å². The summed E-state index contributed by atoms with van der Waals surface area (Å²) in [5.41, 5.74) is 3.16. The summed E-state index contributed by atoms with van der Waals surface area (Å²) in [5, 5.41) is 5.55. The lowest BCUT2D eigenvalue weighted by Gasteiger charge is -2.26. The minimum Gasteiger partial charge on any atom is -0.452 e. The van der Waals surface area contributed by atoms with E-state index in [9.17, 15) is 14.4 Å². The molecule has 0 bridgehead atoms. The Kier molecular flexibility index (Phi) is 5.86. The van der Waals surface area contributed by atoms with E-state index in [0.717, 1.165) is 24.8 Å². The van der Waals surface area contributed by atoms with Gasteiger partial charge in [-0.15, -0.1) is 0 Å². The third-order valence-electron chi connectivity index (χ3n) is 4.46. The molecule has 0 spiro atoms. The minimum atomic E-state index is -0.610. The Morgan fingerprint density at radius 1 is 1.11 bits per heavy atom. The van der Waals surface area contributed by atoms with Crippen LogP contribution in [0.3, 0.4) is 0 Å². The van der Waals surface area contributed by atoms with Crippen LogP contribution in [0.15, 0.2) is 48.5 Å². The first-order valence-electron chi connectivity index (χ1n) is 8.95. The van der Waals surface area contributed by atoms with Gasteiger partial charge in [-0.3, -0.25) is 9.59 Å². The molecule has 1 atom stereocenters. The van der Waals surface area contributed by atoms with Crippen molar-refractivity contribution in [2.45, 2.75) is 32.2 Å². The molecule has 1 unspecified atom stereocenters. The molecule has 27 heavy (non-hydrogen) atoms. The molecule has 0 aromatic heterocycles. The van der Waals surface area contributed by atoms with Gasteiger partial charge in [-0.25, -0.2) is 4.79 Å². The van der Waals surface area contributed by atoms with Crippen molar-refractivity contribution in [2.75, 3.05) is 11.9 Å². The fourth-order valence-electron chi connectivity index (χ4n) is 3.28. The summed E-state index contributed by atoms with van der Waals surface area (Å²) < 4.78 is 5.12. The average Bonchev–Trinajstić information content (AvgIpc) is 2.66. The summed E-state index contributed by atoms with van der Waals surface area (Å²) in [4.78, 5) is 35.5. The Morgan fingerprint density at radius 2 is 1.93 bits per heavy atom. The molecule has 2 N–H and O–H groups in total. The van der Waals surface area contributed by atoms with Crippen LogP contribution < -0.4 is 10.6 Å². The lowest BCUT2D eigenvalue weighted by Crippen LogP contribution is -2.34. The quantitative estimate of drug-likeness (QED) is 0.797. The molecule has 140 valence electrons. The Morgan fingerprint density at radius 3 is 2.74 bits per heavy atom. The molecule has 3 rings (SSSR count). The number of carbonyl (C=O) groups is 3. The molecule has 6 nitrogen and oxygen atoms in total. The van der Waals surface area contributed by atoms with E-state index < -0.39 is 5.97 Å². The standard InChI is InChI=1S/C21H22N2O4/c1-14(24)22-17-9-4-8-16(12-17)21(26)27-13-20(25)23-19-11-5-7-15-6-2-3-10-18(15)19/h2-4,6,8-10,12,19H,5,7,11,13H2,1H3,(H,22,24)(H,23,25). The van der Waals surface area contributed by atoms with Gasteiger partial charge in [0, 0.05) is 12.6 Å². The second kappa shape index (κ2) is 8.49. The molecule has 0 saturated heterocycles.